The Morgan fingerprint density at radius 2 is 2.25 bits per heavy atom. The Morgan fingerprint density at radius 1 is 1.45 bits per heavy atom. The predicted octanol–water partition coefficient (Wildman–Crippen LogP) is 1.73. The van der Waals surface area contributed by atoms with Crippen molar-refractivity contribution in [1.82, 2.24) is 10.3 Å². The highest BCUT2D eigenvalue weighted by atomic mass is 19.1. The number of hydrogen-bond acceptors (Lipinski definition) is 4. The molecule has 1 amide bonds. The number of nitrogens with zero attached hydrogens (tertiary/aromatic N) is 2. The number of aromatic nitrogens is 1. The number of nitriles is 1. The van der Waals surface area contributed by atoms with Crippen molar-refractivity contribution >= 4 is 5.91 Å². The van der Waals surface area contributed by atoms with Crippen molar-refractivity contribution in [2.75, 3.05) is 0 Å². The van der Waals surface area contributed by atoms with Gasteiger partial charge in [0, 0.05) is 18.3 Å². The molecule has 0 aliphatic rings. The Kier molecular flexibility index (Phi) is 3.91. The Balaban J connectivity index is 2.08. The predicted molar refractivity (Wildman–Crippen MR) is 68.2 cm³/mol. The first-order chi connectivity index (χ1) is 9.61. The summed E-state index contributed by atoms with van der Waals surface area (Å²) < 4.78 is 13.6. The second-order valence-electron chi connectivity index (χ2n) is 3.99. The van der Waals surface area contributed by atoms with Crippen molar-refractivity contribution in [2.24, 2.45) is 0 Å². The first-order valence-electron chi connectivity index (χ1n) is 5.71. The van der Waals surface area contributed by atoms with Crippen LogP contribution >= 0.6 is 0 Å². The fraction of sp³-hybridized carbons (Fsp3) is 0.0714. The zero-order valence-electron chi connectivity index (χ0n) is 10.3. The summed E-state index contributed by atoms with van der Waals surface area (Å²) in [6.07, 6.45) is 2.52. The number of carbonyl (C=O) groups excluding carboxylic acids is 1. The third-order valence-corrected chi connectivity index (χ3v) is 2.67. The van der Waals surface area contributed by atoms with Crippen LogP contribution in [0.2, 0.25) is 0 Å². The molecule has 20 heavy (non-hydrogen) atoms. The number of nitrogens with one attached hydrogen (secondary N) is 1. The van der Waals surface area contributed by atoms with Gasteiger partial charge in [0.25, 0.3) is 5.91 Å². The molecule has 6 heteroatoms. The number of carbonyl (C=O) groups is 1. The fourth-order valence-electron chi connectivity index (χ4n) is 1.61. The van der Waals surface area contributed by atoms with Gasteiger partial charge in [0.15, 0.2) is 0 Å². The van der Waals surface area contributed by atoms with Crippen LogP contribution in [-0.4, -0.2) is 16.0 Å². The monoisotopic (exact) mass is 271 g/mol. The van der Waals surface area contributed by atoms with E-state index in [1.807, 2.05) is 6.07 Å². The largest absolute Gasteiger partial charge is 0.505 e. The minimum atomic E-state index is -0.566. The van der Waals surface area contributed by atoms with E-state index in [0.29, 0.717) is 0 Å². The van der Waals surface area contributed by atoms with Gasteiger partial charge in [-0.2, -0.15) is 5.26 Å². The van der Waals surface area contributed by atoms with Gasteiger partial charge in [-0.1, -0.05) is 6.07 Å². The molecule has 5 nitrogen and oxygen atoms in total. The zero-order valence-corrected chi connectivity index (χ0v) is 10.3. The Bertz CT molecular complexity index is 695. The van der Waals surface area contributed by atoms with Crippen molar-refractivity contribution in [1.29, 1.82) is 5.26 Å². The molecule has 0 bridgehead atoms. The van der Waals surface area contributed by atoms with E-state index in [-0.39, 0.29) is 29.0 Å². The summed E-state index contributed by atoms with van der Waals surface area (Å²) in [5.41, 5.74) is 0.532. The maximum atomic E-state index is 13.6. The van der Waals surface area contributed by atoms with Crippen LogP contribution in [0.25, 0.3) is 0 Å². The number of hydrogen-bond donors (Lipinski definition) is 2. The van der Waals surface area contributed by atoms with E-state index in [4.69, 9.17) is 5.26 Å². The van der Waals surface area contributed by atoms with E-state index in [1.165, 1.54) is 24.4 Å². The van der Waals surface area contributed by atoms with Crippen LogP contribution < -0.4 is 5.32 Å². The molecule has 0 spiro atoms. The maximum absolute atomic E-state index is 13.6. The SMILES string of the molecule is N#Cc1ccc(CNC(=O)c2ccncc2O)c(F)c1. The second kappa shape index (κ2) is 5.80. The summed E-state index contributed by atoms with van der Waals surface area (Å²) in [6.45, 7) is -0.0435. The Hall–Kier alpha value is -2.94. The molecule has 1 aromatic carbocycles. The number of aromatic hydroxyl groups is 1. The van der Waals surface area contributed by atoms with Crippen molar-refractivity contribution in [3.8, 4) is 11.8 Å². The molecule has 1 aromatic heterocycles. The van der Waals surface area contributed by atoms with Crippen molar-refractivity contribution in [3.63, 3.8) is 0 Å². The van der Waals surface area contributed by atoms with Gasteiger partial charge in [-0.3, -0.25) is 9.78 Å². The highest BCUT2D eigenvalue weighted by Gasteiger charge is 2.11. The number of pyridine rings is 1. The minimum Gasteiger partial charge on any atom is -0.505 e. The van der Waals surface area contributed by atoms with Gasteiger partial charge in [-0.25, -0.2) is 4.39 Å². The summed E-state index contributed by atoms with van der Waals surface area (Å²) in [5.74, 6) is -1.35. The number of benzene rings is 1. The Labute approximate surface area is 114 Å². The van der Waals surface area contributed by atoms with Crippen LogP contribution in [0.5, 0.6) is 5.75 Å². The van der Waals surface area contributed by atoms with Gasteiger partial charge >= 0.3 is 0 Å². The fourth-order valence-corrected chi connectivity index (χ4v) is 1.61. The lowest BCUT2D eigenvalue weighted by Crippen LogP contribution is -2.23. The van der Waals surface area contributed by atoms with E-state index in [2.05, 4.69) is 10.3 Å². The highest BCUT2D eigenvalue weighted by molar-refractivity contribution is 5.96. The van der Waals surface area contributed by atoms with Crippen LogP contribution in [0.4, 0.5) is 4.39 Å². The molecule has 0 aliphatic carbocycles. The molecule has 0 radical (unpaired) electrons. The maximum Gasteiger partial charge on any atom is 0.255 e. The quantitative estimate of drug-likeness (QED) is 0.890. The summed E-state index contributed by atoms with van der Waals surface area (Å²) in [4.78, 5) is 15.5. The third kappa shape index (κ3) is 2.90. The van der Waals surface area contributed by atoms with Gasteiger partial charge in [0.2, 0.25) is 0 Å². The summed E-state index contributed by atoms with van der Waals surface area (Å²) in [6, 6.07) is 7.19. The van der Waals surface area contributed by atoms with Crippen molar-refractivity contribution in [3.05, 3.63) is 59.2 Å². The molecule has 2 N–H and O–H groups in total. The highest BCUT2D eigenvalue weighted by Crippen LogP contribution is 2.14. The lowest BCUT2D eigenvalue weighted by Gasteiger charge is -2.07. The number of amides is 1. The van der Waals surface area contributed by atoms with Gasteiger partial charge < -0.3 is 10.4 Å². The normalized spacial score (nSPS) is 9.80. The van der Waals surface area contributed by atoms with Crippen LogP contribution in [0.3, 0.4) is 0 Å². The van der Waals surface area contributed by atoms with Gasteiger partial charge in [0.1, 0.15) is 11.6 Å². The van der Waals surface area contributed by atoms with Gasteiger partial charge in [-0.15, -0.1) is 0 Å². The molecular weight excluding hydrogens is 261 g/mol. The van der Waals surface area contributed by atoms with E-state index in [9.17, 15) is 14.3 Å². The molecule has 2 rings (SSSR count). The van der Waals surface area contributed by atoms with Gasteiger partial charge in [-0.05, 0) is 18.2 Å². The third-order valence-electron chi connectivity index (χ3n) is 2.67. The second-order valence-corrected chi connectivity index (χ2v) is 3.99. The van der Waals surface area contributed by atoms with Crippen LogP contribution in [-0.2, 0) is 6.54 Å². The molecule has 0 saturated heterocycles. The number of rotatable bonds is 3. The molecule has 1 heterocycles. The number of halogens is 1. The molecule has 0 atom stereocenters. The summed E-state index contributed by atoms with van der Waals surface area (Å²) in [5, 5.41) is 20.6. The average Bonchev–Trinajstić information content (AvgIpc) is 2.46. The molecule has 100 valence electrons. The van der Waals surface area contributed by atoms with E-state index in [0.717, 1.165) is 12.3 Å². The smallest absolute Gasteiger partial charge is 0.255 e. The molecule has 0 saturated carbocycles. The standard InChI is InChI=1S/C14H10FN3O2/c15-12-5-9(6-16)1-2-10(12)7-18-14(20)11-3-4-17-8-13(11)19/h1-5,8,19H,7H2,(H,18,20). The lowest BCUT2D eigenvalue weighted by molar-refractivity contribution is 0.0948. The molecule has 2 aromatic rings. The van der Waals surface area contributed by atoms with Crippen molar-refractivity contribution < 1.29 is 14.3 Å². The molecule has 0 unspecified atom stereocenters. The molecule has 0 fully saturated rings. The first-order valence-corrected chi connectivity index (χ1v) is 5.71. The van der Waals surface area contributed by atoms with E-state index >= 15 is 0 Å². The van der Waals surface area contributed by atoms with Crippen molar-refractivity contribution in [2.45, 2.75) is 6.54 Å². The lowest BCUT2D eigenvalue weighted by atomic mass is 10.1. The molecule has 0 aliphatic heterocycles. The van der Waals surface area contributed by atoms with Crippen LogP contribution in [0.1, 0.15) is 21.5 Å². The van der Waals surface area contributed by atoms with E-state index < -0.39 is 11.7 Å². The minimum absolute atomic E-state index is 0.0435. The average molecular weight is 271 g/mol. The topological polar surface area (TPSA) is 86.0 Å². The van der Waals surface area contributed by atoms with E-state index in [1.54, 1.807) is 0 Å². The van der Waals surface area contributed by atoms with Gasteiger partial charge in [0.05, 0.1) is 23.4 Å². The first kappa shape index (κ1) is 13.5. The summed E-state index contributed by atoms with van der Waals surface area (Å²) in [7, 11) is 0. The molecular formula is C14H10FN3O2. The summed E-state index contributed by atoms with van der Waals surface area (Å²) >= 11 is 0. The van der Waals surface area contributed by atoms with Crippen LogP contribution in [0, 0.1) is 17.1 Å². The Morgan fingerprint density at radius 3 is 2.90 bits per heavy atom. The zero-order chi connectivity index (χ0) is 14.5. The van der Waals surface area contributed by atoms with Crippen LogP contribution in [0.15, 0.2) is 36.7 Å².